The quantitative estimate of drug-likeness (QED) is 0.431. The summed E-state index contributed by atoms with van der Waals surface area (Å²) in [5.41, 5.74) is 2.30. The molecule has 1 fully saturated rings. The van der Waals surface area contributed by atoms with Crippen LogP contribution in [0, 0.1) is 0 Å². The summed E-state index contributed by atoms with van der Waals surface area (Å²) in [6.45, 7) is 3.06. The van der Waals surface area contributed by atoms with Crippen molar-refractivity contribution in [2.45, 2.75) is 31.7 Å². The summed E-state index contributed by atoms with van der Waals surface area (Å²) >= 11 is 1.55. The number of furan rings is 1. The minimum atomic E-state index is -0.303. The fourth-order valence-electron chi connectivity index (χ4n) is 3.73. The topological polar surface area (TPSA) is 91.7 Å². The summed E-state index contributed by atoms with van der Waals surface area (Å²) < 4.78 is 5.40. The van der Waals surface area contributed by atoms with E-state index in [0.717, 1.165) is 24.2 Å². The number of rotatable bonds is 9. The highest BCUT2D eigenvalue weighted by Crippen LogP contribution is 2.39. The first-order valence-corrected chi connectivity index (χ1v) is 12.3. The summed E-state index contributed by atoms with van der Waals surface area (Å²) in [5, 5.41) is 5.60. The lowest BCUT2D eigenvalue weighted by atomic mass is 10.1. The van der Waals surface area contributed by atoms with Gasteiger partial charge >= 0.3 is 0 Å². The number of hydrogen-bond donors (Lipinski definition) is 2. The molecule has 7 nitrogen and oxygen atoms in total. The van der Waals surface area contributed by atoms with Crippen molar-refractivity contribution in [1.29, 1.82) is 0 Å². The summed E-state index contributed by atoms with van der Waals surface area (Å²) in [6, 6.07) is 17.8. The zero-order valence-electron chi connectivity index (χ0n) is 19.0. The van der Waals surface area contributed by atoms with Gasteiger partial charge in [0.05, 0.1) is 29.8 Å². The molecule has 1 aliphatic heterocycles. The van der Waals surface area contributed by atoms with Crippen LogP contribution in [0.3, 0.4) is 0 Å². The Morgan fingerprint density at radius 3 is 2.59 bits per heavy atom. The Morgan fingerprint density at radius 2 is 1.85 bits per heavy atom. The highest BCUT2D eigenvalue weighted by Gasteiger charge is 2.33. The van der Waals surface area contributed by atoms with Crippen molar-refractivity contribution < 1.29 is 18.8 Å². The number of carbonyl (C=O) groups is 3. The van der Waals surface area contributed by atoms with Crippen molar-refractivity contribution >= 4 is 35.2 Å². The number of unbranched alkanes of at least 4 members (excludes halogenated alkanes) is 1. The molecule has 2 heterocycles. The van der Waals surface area contributed by atoms with Crippen molar-refractivity contribution in [1.82, 2.24) is 10.2 Å². The molecule has 0 unspecified atom stereocenters. The number of anilines is 1. The second kappa shape index (κ2) is 11.1. The summed E-state index contributed by atoms with van der Waals surface area (Å²) in [7, 11) is 0. The number of thioether (sulfide) groups is 1. The molecule has 1 aromatic heterocycles. The van der Waals surface area contributed by atoms with Crippen LogP contribution >= 0.6 is 11.8 Å². The van der Waals surface area contributed by atoms with Crippen molar-refractivity contribution in [2.24, 2.45) is 0 Å². The van der Waals surface area contributed by atoms with E-state index in [-0.39, 0.29) is 23.1 Å². The van der Waals surface area contributed by atoms with E-state index in [1.54, 1.807) is 65.4 Å². The van der Waals surface area contributed by atoms with Crippen LogP contribution in [0.2, 0.25) is 0 Å². The Kier molecular flexibility index (Phi) is 7.69. The molecule has 2 aromatic carbocycles. The van der Waals surface area contributed by atoms with Crippen LogP contribution < -0.4 is 10.6 Å². The third-order valence-corrected chi connectivity index (χ3v) is 6.82. The van der Waals surface area contributed by atoms with E-state index in [9.17, 15) is 14.4 Å². The minimum Gasteiger partial charge on any atom is -0.467 e. The number of nitrogens with zero attached hydrogens (tertiary/aromatic N) is 1. The molecular weight excluding hydrogens is 450 g/mol. The van der Waals surface area contributed by atoms with Crippen molar-refractivity contribution in [3.05, 3.63) is 89.4 Å². The zero-order chi connectivity index (χ0) is 23.9. The average Bonchev–Trinajstić information content (AvgIpc) is 3.50. The fourth-order valence-corrected chi connectivity index (χ4v) is 4.92. The lowest BCUT2D eigenvalue weighted by Crippen LogP contribution is -2.27. The Labute approximate surface area is 202 Å². The Morgan fingerprint density at radius 1 is 1.06 bits per heavy atom. The molecule has 0 spiro atoms. The third kappa shape index (κ3) is 5.51. The van der Waals surface area contributed by atoms with Gasteiger partial charge in [0.1, 0.15) is 11.1 Å². The second-order valence-corrected chi connectivity index (χ2v) is 9.06. The number of para-hydroxylation sites is 1. The number of nitrogens with one attached hydrogen (secondary N) is 2. The van der Waals surface area contributed by atoms with Crippen LogP contribution in [-0.4, -0.2) is 34.9 Å². The van der Waals surface area contributed by atoms with Gasteiger partial charge in [0.2, 0.25) is 5.91 Å². The van der Waals surface area contributed by atoms with Crippen LogP contribution in [0.4, 0.5) is 5.69 Å². The first-order valence-electron chi connectivity index (χ1n) is 11.3. The van der Waals surface area contributed by atoms with E-state index in [0.29, 0.717) is 35.7 Å². The van der Waals surface area contributed by atoms with Gasteiger partial charge in [-0.1, -0.05) is 37.6 Å². The summed E-state index contributed by atoms with van der Waals surface area (Å²) in [5.74, 6) is 0.684. The molecule has 3 aromatic rings. The molecule has 0 bridgehead atoms. The van der Waals surface area contributed by atoms with E-state index in [4.69, 9.17) is 4.42 Å². The first kappa shape index (κ1) is 23.6. The van der Waals surface area contributed by atoms with Gasteiger partial charge in [-0.3, -0.25) is 14.4 Å². The van der Waals surface area contributed by atoms with Gasteiger partial charge in [0, 0.05) is 12.1 Å². The normalized spacial score (nSPS) is 15.4. The number of hydrogen-bond acceptors (Lipinski definition) is 5. The molecule has 1 aliphatic rings. The lowest BCUT2D eigenvalue weighted by molar-refractivity contribution is -0.128. The van der Waals surface area contributed by atoms with Gasteiger partial charge in [-0.05, 0) is 48.4 Å². The maximum Gasteiger partial charge on any atom is 0.255 e. The van der Waals surface area contributed by atoms with Gasteiger partial charge in [0.15, 0.2) is 0 Å². The predicted octanol–water partition coefficient (Wildman–Crippen LogP) is 4.84. The van der Waals surface area contributed by atoms with Crippen LogP contribution in [0.5, 0.6) is 0 Å². The van der Waals surface area contributed by atoms with Gasteiger partial charge in [-0.15, -0.1) is 11.8 Å². The molecule has 34 heavy (non-hydrogen) atoms. The molecule has 1 atom stereocenters. The van der Waals surface area contributed by atoms with E-state index in [1.807, 2.05) is 18.2 Å². The average molecular weight is 478 g/mol. The van der Waals surface area contributed by atoms with Gasteiger partial charge in [-0.2, -0.15) is 0 Å². The molecular formula is C26H27N3O4S. The number of benzene rings is 2. The van der Waals surface area contributed by atoms with Crippen molar-refractivity contribution in [3.8, 4) is 0 Å². The molecule has 176 valence electrons. The zero-order valence-corrected chi connectivity index (χ0v) is 19.8. The second-order valence-electron chi connectivity index (χ2n) is 8.00. The largest absolute Gasteiger partial charge is 0.467 e. The molecule has 0 radical (unpaired) electrons. The number of carbonyl (C=O) groups excluding carboxylic acids is 3. The molecule has 2 N–H and O–H groups in total. The molecule has 0 saturated carbocycles. The summed E-state index contributed by atoms with van der Waals surface area (Å²) in [4.78, 5) is 39.6. The lowest BCUT2D eigenvalue weighted by Gasteiger charge is -2.23. The smallest absolute Gasteiger partial charge is 0.255 e. The maximum absolute atomic E-state index is 12.9. The van der Waals surface area contributed by atoms with Gasteiger partial charge < -0.3 is 20.0 Å². The number of amides is 3. The highest BCUT2D eigenvalue weighted by molar-refractivity contribution is 8.00. The van der Waals surface area contributed by atoms with Gasteiger partial charge in [0.25, 0.3) is 11.8 Å². The third-order valence-electron chi connectivity index (χ3n) is 5.57. The molecule has 1 saturated heterocycles. The summed E-state index contributed by atoms with van der Waals surface area (Å²) in [6.07, 6.45) is 3.48. The highest BCUT2D eigenvalue weighted by atomic mass is 32.2. The Hall–Kier alpha value is -3.52. The SMILES string of the molecule is CCCCNC(=O)c1ccccc1NC(=O)c1ccc([C@@H]2SCC(=O)N2Cc2ccco2)cc1. The van der Waals surface area contributed by atoms with Crippen LogP contribution in [-0.2, 0) is 11.3 Å². The molecule has 4 rings (SSSR count). The Bertz CT molecular complexity index is 1150. The predicted molar refractivity (Wildman–Crippen MR) is 133 cm³/mol. The van der Waals surface area contributed by atoms with Crippen molar-refractivity contribution in [2.75, 3.05) is 17.6 Å². The first-order chi connectivity index (χ1) is 16.6. The fraction of sp³-hybridized carbons (Fsp3) is 0.269. The standard InChI is InChI=1S/C26H27N3O4S/c1-2-3-14-27-25(32)21-8-4-5-9-22(21)28-24(31)18-10-12-19(13-11-18)26-29(23(30)17-34-26)16-20-7-6-15-33-20/h4-13,15,26H,2-3,14,16-17H2,1H3,(H,27,32)(H,28,31)/t26-/m0/s1. The monoisotopic (exact) mass is 477 g/mol. The van der Waals surface area contributed by atoms with E-state index < -0.39 is 0 Å². The molecule has 8 heteroatoms. The van der Waals surface area contributed by atoms with Gasteiger partial charge in [-0.25, -0.2) is 0 Å². The van der Waals surface area contributed by atoms with Crippen molar-refractivity contribution in [3.63, 3.8) is 0 Å². The van der Waals surface area contributed by atoms with E-state index >= 15 is 0 Å². The maximum atomic E-state index is 12.9. The van der Waals surface area contributed by atoms with Crippen LogP contribution in [0.15, 0.2) is 71.3 Å². The van der Waals surface area contributed by atoms with E-state index in [2.05, 4.69) is 17.6 Å². The van der Waals surface area contributed by atoms with E-state index in [1.165, 1.54) is 0 Å². The van der Waals surface area contributed by atoms with Crippen LogP contribution in [0.25, 0.3) is 0 Å². The molecule has 3 amide bonds. The molecule has 0 aliphatic carbocycles. The van der Waals surface area contributed by atoms with Crippen LogP contribution in [0.1, 0.15) is 57.2 Å². The Balaban J connectivity index is 1.44. The minimum absolute atomic E-state index is 0.0574.